The number of nitrogens with zero attached hydrogens (tertiary/aromatic N) is 1. The number of rotatable bonds is 3. The molecule has 0 aromatic heterocycles. The van der Waals surface area contributed by atoms with E-state index in [2.05, 4.69) is 0 Å². The van der Waals surface area contributed by atoms with Crippen molar-refractivity contribution >= 4 is 27.5 Å². The highest BCUT2D eigenvalue weighted by Crippen LogP contribution is 2.38. The second kappa shape index (κ2) is 5.95. The third-order valence-electron chi connectivity index (χ3n) is 3.23. The second-order valence-corrected chi connectivity index (χ2v) is 6.99. The minimum Gasteiger partial charge on any atom is -0.454 e. The van der Waals surface area contributed by atoms with Gasteiger partial charge in [-0.1, -0.05) is 29.8 Å². The summed E-state index contributed by atoms with van der Waals surface area (Å²) >= 11 is 6.12. The van der Waals surface area contributed by atoms with Crippen LogP contribution in [-0.2, 0) is 9.84 Å². The van der Waals surface area contributed by atoms with Gasteiger partial charge < -0.3 is 9.47 Å². The van der Waals surface area contributed by atoms with E-state index in [0.717, 1.165) is 0 Å². The summed E-state index contributed by atoms with van der Waals surface area (Å²) < 4.78 is 35.5. The van der Waals surface area contributed by atoms with Crippen LogP contribution in [0.3, 0.4) is 0 Å². The predicted octanol–water partition coefficient (Wildman–Crippen LogP) is 3.41. The molecular formula is C16H10ClNO4S. The van der Waals surface area contributed by atoms with Crippen molar-refractivity contribution in [3.05, 3.63) is 58.0 Å². The number of benzene rings is 2. The van der Waals surface area contributed by atoms with Crippen molar-refractivity contribution in [3.8, 4) is 17.6 Å². The fourth-order valence-corrected chi connectivity index (χ4v) is 3.46. The highest BCUT2D eigenvalue weighted by molar-refractivity contribution is 7.95. The molecule has 7 heteroatoms. The molecule has 0 aliphatic carbocycles. The van der Waals surface area contributed by atoms with E-state index in [1.165, 1.54) is 24.3 Å². The van der Waals surface area contributed by atoms with Crippen LogP contribution in [0.25, 0.3) is 6.08 Å². The van der Waals surface area contributed by atoms with E-state index < -0.39 is 14.7 Å². The van der Waals surface area contributed by atoms with Gasteiger partial charge >= 0.3 is 0 Å². The standard InChI is InChI=1S/C16H10ClNO4S/c17-14-8-16-15(21-10-22-16)7-11(14)6-13(9-18)23(19,20)12-4-2-1-3-5-12/h1-8H,10H2. The van der Waals surface area contributed by atoms with Crippen LogP contribution >= 0.6 is 11.6 Å². The minimum atomic E-state index is -3.91. The molecule has 5 nitrogen and oxygen atoms in total. The Morgan fingerprint density at radius 2 is 1.83 bits per heavy atom. The summed E-state index contributed by atoms with van der Waals surface area (Å²) in [6, 6.07) is 12.5. The topological polar surface area (TPSA) is 76.4 Å². The summed E-state index contributed by atoms with van der Waals surface area (Å²) in [6.07, 6.45) is 1.23. The lowest BCUT2D eigenvalue weighted by Crippen LogP contribution is -2.03. The van der Waals surface area contributed by atoms with E-state index in [1.54, 1.807) is 30.3 Å². The Bertz CT molecular complexity index is 931. The van der Waals surface area contributed by atoms with E-state index in [1.807, 2.05) is 0 Å². The highest BCUT2D eigenvalue weighted by atomic mass is 35.5. The van der Waals surface area contributed by atoms with Gasteiger partial charge in [0, 0.05) is 6.07 Å². The molecule has 0 bridgehead atoms. The molecule has 0 amide bonds. The molecule has 1 heterocycles. The third kappa shape index (κ3) is 2.89. The molecule has 0 saturated carbocycles. The smallest absolute Gasteiger partial charge is 0.231 e. The van der Waals surface area contributed by atoms with Gasteiger partial charge in [0.2, 0.25) is 16.6 Å². The molecule has 2 aromatic rings. The van der Waals surface area contributed by atoms with Crippen LogP contribution in [0.5, 0.6) is 11.5 Å². The van der Waals surface area contributed by atoms with Crippen LogP contribution < -0.4 is 9.47 Å². The van der Waals surface area contributed by atoms with Gasteiger partial charge in [-0.2, -0.15) is 5.26 Å². The third-order valence-corrected chi connectivity index (χ3v) is 5.24. The predicted molar refractivity (Wildman–Crippen MR) is 84.8 cm³/mol. The van der Waals surface area contributed by atoms with Gasteiger partial charge in [-0.25, -0.2) is 8.42 Å². The van der Waals surface area contributed by atoms with Crippen LogP contribution in [0.1, 0.15) is 5.56 Å². The second-order valence-electron chi connectivity index (χ2n) is 4.66. The minimum absolute atomic E-state index is 0.0460. The first-order valence-electron chi connectivity index (χ1n) is 6.53. The summed E-state index contributed by atoms with van der Waals surface area (Å²) in [5.74, 6) is 0.937. The summed E-state index contributed by atoms with van der Waals surface area (Å²) in [4.78, 5) is -0.353. The van der Waals surface area contributed by atoms with Crippen molar-refractivity contribution in [1.82, 2.24) is 0 Å². The molecule has 0 atom stereocenters. The SMILES string of the molecule is N#CC(=Cc1cc2c(cc1Cl)OCO2)S(=O)(=O)c1ccccc1. The molecule has 1 aliphatic rings. The molecule has 23 heavy (non-hydrogen) atoms. The van der Waals surface area contributed by atoms with E-state index in [4.69, 9.17) is 21.1 Å². The molecule has 0 radical (unpaired) electrons. The molecule has 1 aliphatic heterocycles. The van der Waals surface area contributed by atoms with Crippen molar-refractivity contribution in [2.24, 2.45) is 0 Å². The number of allylic oxidation sites excluding steroid dienone is 1. The molecule has 2 aromatic carbocycles. The average Bonchev–Trinajstić information content (AvgIpc) is 3.00. The molecule has 0 spiro atoms. The summed E-state index contributed by atoms with van der Waals surface area (Å²) in [5, 5.41) is 9.54. The van der Waals surface area contributed by atoms with Crippen molar-refractivity contribution in [1.29, 1.82) is 5.26 Å². The largest absolute Gasteiger partial charge is 0.454 e. The van der Waals surface area contributed by atoms with Crippen LogP contribution in [0.2, 0.25) is 5.02 Å². The lowest BCUT2D eigenvalue weighted by molar-refractivity contribution is 0.174. The Balaban J connectivity index is 2.09. The monoisotopic (exact) mass is 347 g/mol. The van der Waals surface area contributed by atoms with Gasteiger partial charge in [0.25, 0.3) is 0 Å². The van der Waals surface area contributed by atoms with Crippen molar-refractivity contribution < 1.29 is 17.9 Å². The zero-order valence-electron chi connectivity index (χ0n) is 11.7. The van der Waals surface area contributed by atoms with Crippen molar-refractivity contribution in [2.45, 2.75) is 4.90 Å². The number of hydrogen-bond donors (Lipinski definition) is 0. The molecule has 116 valence electrons. The Morgan fingerprint density at radius 3 is 2.48 bits per heavy atom. The summed E-state index contributed by atoms with van der Waals surface area (Å²) in [5.41, 5.74) is 0.368. The fourth-order valence-electron chi connectivity index (χ4n) is 2.08. The number of halogens is 1. The number of fused-ring (bicyclic) bond motifs is 1. The Labute approximate surface area is 138 Å². The lowest BCUT2D eigenvalue weighted by Gasteiger charge is -2.05. The first-order chi connectivity index (χ1) is 11.0. The lowest BCUT2D eigenvalue weighted by atomic mass is 10.2. The highest BCUT2D eigenvalue weighted by Gasteiger charge is 2.22. The van der Waals surface area contributed by atoms with Gasteiger partial charge in [-0.3, -0.25) is 0 Å². The first-order valence-corrected chi connectivity index (χ1v) is 8.39. The number of hydrogen-bond acceptors (Lipinski definition) is 5. The van der Waals surface area contributed by atoms with Crippen molar-refractivity contribution in [2.75, 3.05) is 6.79 Å². The Morgan fingerprint density at radius 1 is 1.17 bits per heavy atom. The maximum Gasteiger partial charge on any atom is 0.231 e. The number of nitriles is 1. The number of ether oxygens (including phenoxy) is 2. The van der Waals surface area contributed by atoms with Gasteiger partial charge in [-0.15, -0.1) is 0 Å². The molecule has 0 N–H and O–H groups in total. The van der Waals surface area contributed by atoms with Crippen LogP contribution in [0.4, 0.5) is 0 Å². The maximum atomic E-state index is 12.5. The molecular weight excluding hydrogens is 338 g/mol. The quantitative estimate of drug-likeness (QED) is 0.795. The molecule has 0 saturated heterocycles. The van der Waals surface area contributed by atoms with E-state index in [9.17, 15) is 13.7 Å². The summed E-state index contributed by atoms with van der Waals surface area (Å²) in [7, 11) is -3.91. The summed E-state index contributed by atoms with van der Waals surface area (Å²) in [6.45, 7) is 0.0756. The van der Waals surface area contributed by atoms with Gasteiger partial charge in [0.1, 0.15) is 11.0 Å². The van der Waals surface area contributed by atoms with E-state index in [-0.39, 0.29) is 16.7 Å². The van der Waals surface area contributed by atoms with E-state index >= 15 is 0 Å². The molecule has 3 rings (SSSR count). The maximum absolute atomic E-state index is 12.5. The zero-order chi connectivity index (χ0) is 16.4. The van der Waals surface area contributed by atoms with Crippen molar-refractivity contribution in [3.63, 3.8) is 0 Å². The Kier molecular flexibility index (Phi) is 3.99. The van der Waals surface area contributed by atoms with Gasteiger partial charge in [-0.05, 0) is 29.8 Å². The first kappa shape index (κ1) is 15.4. The van der Waals surface area contributed by atoms with E-state index in [0.29, 0.717) is 17.1 Å². The zero-order valence-corrected chi connectivity index (χ0v) is 13.3. The average molecular weight is 348 g/mol. The molecule has 0 fully saturated rings. The van der Waals surface area contributed by atoms with Gasteiger partial charge in [0.05, 0.1) is 9.92 Å². The number of sulfone groups is 1. The Hall–Kier alpha value is -2.49. The molecule has 0 unspecified atom stereocenters. The van der Waals surface area contributed by atoms with Crippen LogP contribution in [-0.4, -0.2) is 15.2 Å². The normalized spacial score (nSPS) is 13.7. The van der Waals surface area contributed by atoms with Crippen LogP contribution in [0.15, 0.2) is 52.3 Å². The van der Waals surface area contributed by atoms with Crippen LogP contribution in [0, 0.1) is 11.3 Å². The fraction of sp³-hybridized carbons (Fsp3) is 0.0625. The van der Waals surface area contributed by atoms with Gasteiger partial charge in [0.15, 0.2) is 11.5 Å².